The van der Waals surface area contributed by atoms with Gasteiger partial charge in [-0.2, -0.15) is 0 Å². The number of nitrogens with zero attached hydrogens (tertiary/aromatic N) is 3. The smallest absolute Gasteiger partial charge is 0.226 e. The average molecular weight is 492 g/mol. The Hall–Kier alpha value is -3.26. The van der Waals surface area contributed by atoms with Crippen molar-refractivity contribution in [2.45, 2.75) is 56.7 Å². The van der Waals surface area contributed by atoms with Crippen LogP contribution in [0.2, 0.25) is 0 Å². The monoisotopic (exact) mass is 491 g/mol. The normalized spacial score (nSPS) is 20.6. The molecule has 182 valence electrons. The molecule has 2 aliphatic rings. The fourth-order valence-electron chi connectivity index (χ4n) is 5.31. The predicted molar refractivity (Wildman–Crippen MR) is 138 cm³/mol. The molecule has 3 heterocycles. The van der Waals surface area contributed by atoms with Crippen LogP contribution < -0.4 is 10.6 Å². The van der Waals surface area contributed by atoms with Gasteiger partial charge < -0.3 is 20.1 Å². The molecule has 1 aliphatic heterocycles. The van der Waals surface area contributed by atoms with E-state index in [-0.39, 0.29) is 30.1 Å². The summed E-state index contributed by atoms with van der Waals surface area (Å²) in [5.74, 6) is -0.696. The third-order valence-corrected chi connectivity index (χ3v) is 7.36. The van der Waals surface area contributed by atoms with Crippen molar-refractivity contribution in [2.24, 2.45) is 0 Å². The minimum atomic E-state index is -0.447. The summed E-state index contributed by atoms with van der Waals surface area (Å²) in [5.41, 5.74) is 2.28. The molecule has 1 amide bonds. The van der Waals surface area contributed by atoms with Crippen molar-refractivity contribution in [1.82, 2.24) is 19.8 Å². The molecule has 0 radical (unpaired) electrons. The van der Waals surface area contributed by atoms with E-state index in [9.17, 15) is 9.18 Å². The predicted octanol–water partition coefficient (Wildman–Crippen LogP) is 5.53. The topological polar surface area (TPSA) is 62.2 Å². The van der Waals surface area contributed by atoms with Crippen molar-refractivity contribution in [2.75, 3.05) is 11.9 Å². The number of aromatic nitrogens is 2. The number of amides is 1. The molecule has 0 bridgehead atoms. The number of thiocarbonyl (C=S) groups is 1. The number of carbonyl (C=O) groups excluding carboxylic acids is 1. The number of para-hydroxylation sites is 1. The van der Waals surface area contributed by atoms with Gasteiger partial charge in [0.2, 0.25) is 5.91 Å². The van der Waals surface area contributed by atoms with Crippen molar-refractivity contribution >= 4 is 28.9 Å². The minimum absolute atomic E-state index is 0.101. The van der Waals surface area contributed by atoms with Crippen molar-refractivity contribution in [3.63, 3.8) is 0 Å². The molecule has 1 aliphatic carbocycles. The molecular formula is C27H30FN5OS. The molecule has 0 spiro atoms. The zero-order chi connectivity index (χ0) is 24.2. The highest BCUT2D eigenvalue weighted by atomic mass is 32.1. The Labute approximate surface area is 210 Å². The standard InChI is InChI=1S/C27H30FN5OS/c28-20-11-4-5-12-21(20)30-24(34)15-18-33-26(25(31-27(33)35)22-13-6-7-16-29-22)23-14-8-17-32(23)19-9-2-1-3-10-19/h4-8,11-14,16-17,19,25-26H,1-3,9-10,15,18H2,(H,30,34)(H,31,35)/t25-,26-/m0/s1. The Morgan fingerprint density at radius 2 is 1.89 bits per heavy atom. The number of benzene rings is 1. The summed E-state index contributed by atoms with van der Waals surface area (Å²) in [6, 6.07) is 16.6. The number of nitrogens with one attached hydrogen (secondary N) is 2. The SMILES string of the molecule is O=C(CCN1C(=S)N[C@@H](c2ccccn2)[C@@H]1c1cccn1C1CCCCC1)Nc1ccccc1F. The first kappa shape index (κ1) is 23.5. The lowest BCUT2D eigenvalue weighted by molar-refractivity contribution is -0.116. The molecule has 35 heavy (non-hydrogen) atoms. The van der Waals surface area contributed by atoms with Crippen LogP contribution in [0.25, 0.3) is 0 Å². The molecule has 6 nitrogen and oxygen atoms in total. The number of rotatable bonds is 7. The second-order valence-corrected chi connectivity index (χ2v) is 9.62. The molecule has 0 unspecified atom stereocenters. The molecule has 1 saturated heterocycles. The van der Waals surface area contributed by atoms with Gasteiger partial charge in [0, 0.05) is 37.1 Å². The first-order valence-electron chi connectivity index (χ1n) is 12.3. The number of anilines is 1. The summed E-state index contributed by atoms with van der Waals surface area (Å²) < 4.78 is 16.4. The fourth-order valence-corrected chi connectivity index (χ4v) is 5.65. The summed E-state index contributed by atoms with van der Waals surface area (Å²) in [5, 5.41) is 6.74. The van der Waals surface area contributed by atoms with E-state index in [0.29, 0.717) is 17.7 Å². The van der Waals surface area contributed by atoms with Crippen LogP contribution >= 0.6 is 12.2 Å². The van der Waals surface area contributed by atoms with Gasteiger partial charge in [-0.05, 0) is 61.5 Å². The lowest BCUT2D eigenvalue weighted by Crippen LogP contribution is -2.34. The van der Waals surface area contributed by atoms with Crippen LogP contribution in [0.3, 0.4) is 0 Å². The number of hydrogen-bond acceptors (Lipinski definition) is 3. The summed E-state index contributed by atoms with van der Waals surface area (Å²) in [6.45, 7) is 0.413. The molecule has 1 saturated carbocycles. The highest BCUT2D eigenvalue weighted by Crippen LogP contribution is 2.41. The maximum atomic E-state index is 14.0. The van der Waals surface area contributed by atoms with E-state index in [1.807, 2.05) is 18.2 Å². The number of pyridine rings is 1. The molecule has 8 heteroatoms. The van der Waals surface area contributed by atoms with E-state index < -0.39 is 5.82 Å². The van der Waals surface area contributed by atoms with Gasteiger partial charge >= 0.3 is 0 Å². The van der Waals surface area contributed by atoms with Gasteiger partial charge in [-0.25, -0.2) is 4.39 Å². The maximum absolute atomic E-state index is 14.0. The average Bonchev–Trinajstić information content (AvgIpc) is 3.49. The Balaban J connectivity index is 1.40. The number of hydrogen-bond donors (Lipinski definition) is 2. The van der Waals surface area contributed by atoms with E-state index in [1.54, 1.807) is 24.4 Å². The second-order valence-electron chi connectivity index (χ2n) is 9.23. The number of halogens is 1. The Bertz CT molecular complexity index is 1180. The lowest BCUT2D eigenvalue weighted by Gasteiger charge is -2.32. The maximum Gasteiger partial charge on any atom is 0.226 e. The summed E-state index contributed by atoms with van der Waals surface area (Å²) in [7, 11) is 0. The third kappa shape index (κ3) is 5.07. The molecular weight excluding hydrogens is 461 g/mol. The third-order valence-electron chi connectivity index (χ3n) is 7.01. The Kier molecular flexibility index (Phi) is 7.08. The minimum Gasteiger partial charge on any atom is -0.352 e. The Morgan fingerprint density at radius 1 is 1.09 bits per heavy atom. The van der Waals surface area contributed by atoms with E-state index in [4.69, 9.17) is 12.2 Å². The molecule has 2 aromatic heterocycles. The first-order chi connectivity index (χ1) is 17.1. The van der Waals surface area contributed by atoms with E-state index in [1.165, 1.54) is 43.9 Å². The quantitative estimate of drug-likeness (QED) is 0.426. The molecule has 5 rings (SSSR count). The van der Waals surface area contributed by atoms with Crippen LogP contribution in [-0.4, -0.2) is 32.0 Å². The van der Waals surface area contributed by atoms with Crippen LogP contribution in [0.15, 0.2) is 67.0 Å². The highest BCUT2D eigenvalue weighted by Gasteiger charge is 2.41. The summed E-state index contributed by atoms with van der Waals surface area (Å²) in [6.07, 6.45) is 10.3. The van der Waals surface area contributed by atoms with Gasteiger partial charge in [0.1, 0.15) is 5.82 Å². The van der Waals surface area contributed by atoms with Crippen molar-refractivity contribution in [3.05, 3.63) is 84.2 Å². The molecule has 2 fully saturated rings. The highest BCUT2D eigenvalue weighted by molar-refractivity contribution is 7.80. The van der Waals surface area contributed by atoms with Gasteiger partial charge in [0.05, 0.1) is 23.5 Å². The van der Waals surface area contributed by atoms with Gasteiger partial charge in [-0.1, -0.05) is 37.5 Å². The van der Waals surface area contributed by atoms with Gasteiger partial charge in [-0.15, -0.1) is 0 Å². The molecule has 3 aromatic rings. The first-order valence-corrected chi connectivity index (χ1v) is 12.7. The van der Waals surface area contributed by atoms with Gasteiger partial charge in [-0.3, -0.25) is 9.78 Å². The summed E-state index contributed by atoms with van der Waals surface area (Å²) in [4.78, 5) is 19.4. The van der Waals surface area contributed by atoms with E-state index in [2.05, 4.69) is 43.4 Å². The van der Waals surface area contributed by atoms with Crippen molar-refractivity contribution < 1.29 is 9.18 Å². The molecule has 2 N–H and O–H groups in total. The van der Waals surface area contributed by atoms with Crippen LogP contribution in [0, 0.1) is 5.82 Å². The van der Waals surface area contributed by atoms with E-state index in [0.717, 1.165) is 5.69 Å². The zero-order valence-electron chi connectivity index (χ0n) is 19.6. The van der Waals surface area contributed by atoms with Crippen molar-refractivity contribution in [1.29, 1.82) is 0 Å². The van der Waals surface area contributed by atoms with Crippen LogP contribution in [0.1, 0.15) is 68.0 Å². The lowest BCUT2D eigenvalue weighted by atomic mass is 9.94. The van der Waals surface area contributed by atoms with Crippen LogP contribution in [0.5, 0.6) is 0 Å². The van der Waals surface area contributed by atoms with Crippen molar-refractivity contribution in [3.8, 4) is 0 Å². The Morgan fingerprint density at radius 3 is 2.66 bits per heavy atom. The van der Waals surface area contributed by atoms with Gasteiger partial charge in [0.15, 0.2) is 5.11 Å². The zero-order valence-corrected chi connectivity index (χ0v) is 20.4. The second kappa shape index (κ2) is 10.6. The molecule has 2 atom stereocenters. The largest absolute Gasteiger partial charge is 0.352 e. The summed E-state index contributed by atoms with van der Waals surface area (Å²) >= 11 is 5.76. The fraction of sp³-hybridized carbons (Fsp3) is 0.370. The number of carbonyl (C=O) groups is 1. The van der Waals surface area contributed by atoms with Crippen LogP contribution in [-0.2, 0) is 4.79 Å². The van der Waals surface area contributed by atoms with Crippen LogP contribution in [0.4, 0.5) is 10.1 Å². The van der Waals surface area contributed by atoms with Gasteiger partial charge in [0.25, 0.3) is 0 Å². The van der Waals surface area contributed by atoms with E-state index >= 15 is 0 Å². The molecule has 1 aromatic carbocycles.